The third kappa shape index (κ3) is 2.90. The van der Waals surface area contributed by atoms with Crippen LogP contribution in [0.4, 0.5) is 5.69 Å². The van der Waals surface area contributed by atoms with E-state index in [1.807, 2.05) is 6.07 Å². The highest BCUT2D eigenvalue weighted by Crippen LogP contribution is 2.38. The first-order valence-corrected chi connectivity index (χ1v) is 6.50. The molecule has 0 spiro atoms. The lowest BCUT2D eigenvalue weighted by Gasteiger charge is -2.08. The number of nitro benzene ring substituents is 1. The number of nitrogens with zero attached hydrogens (tertiary/aromatic N) is 2. The lowest BCUT2D eigenvalue weighted by Crippen LogP contribution is -1.94. The van der Waals surface area contributed by atoms with Gasteiger partial charge in [-0.1, -0.05) is 17.7 Å². The lowest BCUT2D eigenvalue weighted by atomic mass is 10.2. The van der Waals surface area contributed by atoms with Gasteiger partial charge >= 0.3 is 5.69 Å². The van der Waals surface area contributed by atoms with E-state index in [1.165, 1.54) is 24.3 Å². The maximum absolute atomic E-state index is 10.9. The molecule has 0 saturated carbocycles. The topological polar surface area (TPSA) is 76.2 Å². The maximum atomic E-state index is 10.9. The van der Waals surface area contributed by atoms with Crippen molar-refractivity contribution in [1.29, 1.82) is 5.26 Å². The Hall–Kier alpha value is -2.10. The fraction of sp³-hybridized carbons (Fsp3) is 0. The highest BCUT2D eigenvalue weighted by atomic mass is 79.9. The van der Waals surface area contributed by atoms with E-state index < -0.39 is 4.92 Å². The van der Waals surface area contributed by atoms with Crippen molar-refractivity contribution in [2.45, 2.75) is 0 Å². The summed E-state index contributed by atoms with van der Waals surface area (Å²) >= 11 is 9.15. The SMILES string of the molecule is N#Cc1ccc(Oc2c(Cl)cccc2[N+](=O)[O-])cc1Br. The molecule has 0 aliphatic carbocycles. The quantitative estimate of drug-likeness (QED) is 0.593. The van der Waals surface area contributed by atoms with Crippen molar-refractivity contribution in [1.82, 2.24) is 0 Å². The molecule has 0 amide bonds. The van der Waals surface area contributed by atoms with Gasteiger partial charge in [-0.25, -0.2) is 0 Å². The van der Waals surface area contributed by atoms with Gasteiger partial charge in [-0.05, 0) is 40.2 Å². The van der Waals surface area contributed by atoms with Gasteiger partial charge in [-0.15, -0.1) is 0 Å². The Balaban J connectivity index is 2.43. The van der Waals surface area contributed by atoms with Crippen LogP contribution in [0.5, 0.6) is 11.5 Å². The van der Waals surface area contributed by atoms with Crippen LogP contribution >= 0.6 is 27.5 Å². The van der Waals surface area contributed by atoms with E-state index in [9.17, 15) is 10.1 Å². The first-order valence-electron chi connectivity index (χ1n) is 5.33. The molecule has 7 heteroatoms. The Labute approximate surface area is 127 Å². The van der Waals surface area contributed by atoms with Crippen LogP contribution in [0.1, 0.15) is 5.56 Å². The van der Waals surface area contributed by atoms with Crippen LogP contribution in [-0.4, -0.2) is 4.92 Å². The Morgan fingerprint density at radius 1 is 1.35 bits per heavy atom. The van der Waals surface area contributed by atoms with Crippen molar-refractivity contribution in [2.24, 2.45) is 0 Å². The van der Waals surface area contributed by atoms with Gasteiger partial charge in [0.25, 0.3) is 0 Å². The smallest absolute Gasteiger partial charge is 0.313 e. The summed E-state index contributed by atoms with van der Waals surface area (Å²) in [6.45, 7) is 0. The van der Waals surface area contributed by atoms with Gasteiger partial charge in [-0.2, -0.15) is 5.26 Å². The molecule has 0 radical (unpaired) electrons. The second-order valence-electron chi connectivity index (χ2n) is 3.70. The average Bonchev–Trinajstić information content (AvgIpc) is 2.41. The third-order valence-corrected chi connectivity index (χ3v) is 3.38. The Bertz CT molecular complexity index is 728. The number of ether oxygens (including phenoxy) is 1. The standard InChI is InChI=1S/C13H6BrClN2O3/c14-10-6-9(5-4-8(10)7-16)20-13-11(15)2-1-3-12(13)17(18)19/h1-6H. The molecule has 0 aliphatic rings. The van der Waals surface area contributed by atoms with E-state index in [0.29, 0.717) is 15.8 Å². The number of nitriles is 1. The zero-order chi connectivity index (χ0) is 14.7. The van der Waals surface area contributed by atoms with E-state index in [2.05, 4.69) is 15.9 Å². The second-order valence-corrected chi connectivity index (χ2v) is 4.96. The summed E-state index contributed by atoms with van der Waals surface area (Å²) in [5.74, 6) is 0.308. The molecule has 0 aliphatic heterocycles. The zero-order valence-electron chi connectivity index (χ0n) is 9.84. The minimum Gasteiger partial charge on any atom is -0.448 e. The lowest BCUT2D eigenvalue weighted by molar-refractivity contribution is -0.385. The summed E-state index contributed by atoms with van der Waals surface area (Å²) in [5, 5.41) is 19.9. The predicted molar refractivity (Wildman–Crippen MR) is 77.0 cm³/mol. The van der Waals surface area contributed by atoms with Gasteiger partial charge in [0.05, 0.1) is 15.5 Å². The molecule has 2 aromatic rings. The molecule has 100 valence electrons. The molecule has 0 atom stereocenters. The summed E-state index contributed by atoms with van der Waals surface area (Å²) in [7, 11) is 0. The van der Waals surface area contributed by atoms with Crippen molar-refractivity contribution >= 4 is 33.2 Å². The van der Waals surface area contributed by atoms with Crippen LogP contribution in [0.3, 0.4) is 0 Å². The minimum atomic E-state index is -0.570. The van der Waals surface area contributed by atoms with Gasteiger partial charge in [-0.3, -0.25) is 10.1 Å². The number of para-hydroxylation sites is 1. The molecular formula is C13H6BrClN2O3. The van der Waals surface area contributed by atoms with Gasteiger partial charge in [0.1, 0.15) is 11.8 Å². The number of rotatable bonds is 3. The van der Waals surface area contributed by atoms with Crippen LogP contribution in [0.15, 0.2) is 40.9 Å². The number of halogens is 2. The van der Waals surface area contributed by atoms with Crippen LogP contribution < -0.4 is 4.74 Å². The molecule has 0 unspecified atom stereocenters. The predicted octanol–water partition coefficient (Wildman–Crippen LogP) is 4.67. The summed E-state index contributed by atoms with van der Waals surface area (Å²) in [5.41, 5.74) is 0.212. The fourth-order valence-electron chi connectivity index (χ4n) is 1.51. The van der Waals surface area contributed by atoms with Crippen molar-refractivity contribution in [3.63, 3.8) is 0 Å². The van der Waals surface area contributed by atoms with Crippen molar-refractivity contribution < 1.29 is 9.66 Å². The Morgan fingerprint density at radius 3 is 2.70 bits per heavy atom. The number of hydrogen-bond acceptors (Lipinski definition) is 4. The van der Waals surface area contributed by atoms with E-state index >= 15 is 0 Å². The van der Waals surface area contributed by atoms with Crippen LogP contribution in [0, 0.1) is 21.4 Å². The maximum Gasteiger partial charge on any atom is 0.313 e. The van der Waals surface area contributed by atoms with Crippen molar-refractivity contribution in [2.75, 3.05) is 0 Å². The van der Waals surface area contributed by atoms with Gasteiger partial charge in [0.15, 0.2) is 0 Å². The molecule has 0 N–H and O–H groups in total. The highest BCUT2D eigenvalue weighted by Gasteiger charge is 2.19. The molecule has 2 rings (SSSR count). The summed E-state index contributed by atoms with van der Waals surface area (Å²) in [6.07, 6.45) is 0. The first kappa shape index (κ1) is 14.3. The number of benzene rings is 2. The fourth-order valence-corrected chi connectivity index (χ4v) is 2.16. The molecule has 20 heavy (non-hydrogen) atoms. The average molecular weight is 354 g/mol. The number of hydrogen-bond donors (Lipinski definition) is 0. The second kappa shape index (κ2) is 5.90. The van der Waals surface area contributed by atoms with Gasteiger partial charge in [0.2, 0.25) is 5.75 Å². The third-order valence-electron chi connectivity index (χ3n) is 2.42. The zero-order valence-corrected chi connectivity index (χ0v) is 12.2. The summed E-state index contributed by atoms with van der Waals surface area (Å²) < 4.78 is 6.00. The first-order chi connectivity index (χ1) is 9.52. The van der Waals surface area contributed by atoms with Crippen LogP contribution in [0.25, 0.3) is 0 Å². The Morgan fingerprint density at radius 2 is 2.10 bits per heavy atom. The molecule has 0 aromatic heterocycles. The van der Waals surface area contributed by atoms with Crippen molar-refractivity contribution in [3.05, 3.63) is 61.6 Å². The summed E-state index contributed by atoms with van der Waals surface area (Å²) in [6, 6.07) is 10.9. The molecule has 5 nitrogen and oxygen atoms in total. The molecular weight excluding hydrogens is 348 g/mol. The van der Waals surface area contributed by atoms with E-state index in [4.69, 9.17) is 21.6 Å². The monoisotopic (exact) mass is 352 g/mol. The van der Waals surface area contributed by atoms with E-state index in [-0.39, 0.29) is 16.5 Å². The normalized spacial score (nSPS) is 9.85. The Kier molecular flexibility index (Phi) is 4.23. The largest absolute Gasteiger partial charge is 0.448 e. The number of nitro groups is 1. The molecule has 0 fully saturated rings. The molecule has 0 saturated heterocycles. The van der Waals surface area contributed by atoms with Crippen molar-refractivity contribution in [3.8, 4) is 17.6 Å². The molecule has 2 aromatic carbocycles. The summed E-state index contributed by atoms with van der Waals surface area (Å²) in [4.78, 5) is 10.4. The van der Waals surface area contributed by atoms with E-state index in [0.717, 1.165) is 0 Å². The van der Waals surface area contributed by atoms with Crippen LogP contribution in [-0.2, 0) is 0 Å². The molecule has 0 bridgehead atoms. The van der Waals surface area contributed by atoms with Gasteiger partial charge in [0, 0.05) is 10.5 Å². The highest BCUT2D eigenvalue weighted by molar-refractivity contribution is 9.10. The van der Waals surface area contributed by atoms with Crippen LogP contribution in [0.2, 0.25) is 5.02 Å². The van der Waals surface area contributed by atoms with E-state index in [1.54, 1.807) is 12.1 Å². The molecule has 0 heterocycles. The van der Waals surface area contributed by atoms with Gasteiger partial charge < -0.3 is 4.74 Å². The minimum absolute atomic E-state index is 0.0317.